The van der Waals surface area contributed by atoms with Crippen molar-refractivity contribution in [2.75, 3.05) is 0 Å². The van der Waals surface area contributed by atoms with Gasteiger partial charge in [0, 0.05) is 12.1 Å². The zero-order chi connectivity index (χ0) is 12.5. The third kappa shape index (κ3) is 5.39. The van der Waals surface area contributed by atoms with E-state index in [1.54, 1.807) is 5.06 Å². The van der Waals surface area contributed by atoms with E-state index in [9.17, 15) is 5.21 Å². The molecule has 2 aliphatic carbocycles. The lowest BCUT2D eigenvalue weighted by Gasteiger charge is -2.36. The zero-order valence-electron chi connectivity index (χ0n) is 11.8. The fourth-order valence-corrected chi connectivity index (χ4v) is 2.99. The quantitative estimate of drug-likeness (QED) is 0.705. The third-order valence-corrected chi connectivity index (χ3v) is 3.90. The normalized spacial score (nSPS) is 23.3. The molecule has 2 fully saturated rings. The van der Waals surface area contributed by atoms with E-state index in [4.69, 9.17) is 0 Å². The van der Waals surface area contributed by atoms with Gasteiger partial charge in [-0.1, -0.05) is 58.8 Å². The van der Waals surface area contributed by atoms with E-state index in [1.807, 2.05) is 0 Å². The van der Waals surface area contributed by atoms with E-state index in [0.29, 0.717) is 12.1 Å². The molecule has 0 radical (unpaired) electrons. The Morgan fingerprint density at radius 2 is 1.06 bits per heavy atom. The molecule has 0 atom stereocenters. The van der Waals surface area contributed by atoms with Crippen molar-refractivity contribution >= 4 is 0 Å². The van der Waals surface area contributed by atoms with E-state index in [-0.39, 0.29) is 0 Å². The lowest BCUT2D eigenvalue weighted by atomic mass is 9.90. The predicted molar refractivity (Wildman–Crippen MR) is 73.3 cm³/mol. The van der Waals surface area contributed by atoms with Crippen LogP contribution in [0.4, 0.5) is 0 Å². The van der Waals surface area contributed by atoms with E-state index in [1.165, 1.54) is 70.6 Å². The van der Waals surface area contributed by atoms with Gasteiger partial charge in [-0.3, -0.25) is 0 Å². The van der Waals surface area contributed by atoms with Crippen LogP contribution in [0.2, 0.25) is 0 Å². The summed E-state index contributed by atoms with van der Waals surface area (Å²) in [6.07, 6.45) is 14.1. The van der Waals surface area contributed by atoms with Gasteiger partial charge in [0.25, 0.3) is 0 Å². The van der Waals surface area contributed by atoms with Gasteiger partial charge in [0.2, 0.25) is 0 Å². The highest BCUT2D eigenvalue weighted by molar-refractivity contribution is 4.78. The molecule has 2 rings (SSSR count). The Kier molecular flexibility index (Phi) is 7.87. The highest BCUT2D eigenvalue weighted by Crippen LogP contribution is 2.28. The first-order valence-electron chi connectivity index (χ1n) is 7.76. The molecule has 0 saturated heterocycles. The summed E-state index contributed by atoms with van der Waals surface area (Å²) >= 11 is 0. The molecule has 0 spiro atoms. The highest BCUT2D eigenvalue weighted by atomic mass is 16.5. The Labute approximate surface area is 107 Å². The molecule has 0 aromatic carbocycles. The maximum Gasteiger partial charge on any atom is 0.0353 e. The Morgan fingerprint density at radius 3 is 1.35 bits per heavy atom. The largest absolute Gasteiger partial charge is 0.313 e. The van der Waals surface area contributed by atoms with Gasteiger partial charge >= 0.3 is 0 Å². The van der Waals surface area contributed by atoms with Gasteiger partial charge in [-0.05, 0) is 25.7 Å². The van der Waals surface area contributed by atoms with E-state index in [2.05, 4.69) is 13.8 Å². The molecular weight excluding hydrogens is 210 g/mol. The molecule has 0 amide bonds. The molecule has 0 aromatic rings. The van der Waals surface area contributed by atoms with Crippen LogP contribution >= 0.6 is 0 Å². The summed E-state index contributed by atoms with van der Waals surface area (Å²) in [7, 11) is 0. The summed E-state index contributed by atoms with van der Waals surface area (Å²) in [5.74, 6) is 0. The Morgan fingerprint density at radius 1 is 0.765 bits per heavy atom. The summed E-state index contributed by atoms with van der Waals surface area (Å²) in [5, 5.41) is 11.9. The van der Waals surface area contributed by atoms with Crippen molar-refractivity contribution in [3.63, 3.8) is 0 Å². The van der Waals surface area contributed by atoms with Gasteiger partial charge in [-0.25, -0.2) is 0 Å². The van der Waals surface area contributed by atoms with Crippen LogP contribution in [-0.4, -0.2) is 22.4 Å². The average molecular weight is 241 g/mol. The Hall–Kier alpha value is -0.0800. The van der Waals surface area contributed by atoms with Crippen molar-refractivity contribution in [1.82, 2.24) is 5.06 Å². The number of hydrogen-bond acceptors (Lipinski definition) is 2. The van der Waals surface area contributed by atoms with Crippen molar-refractivity contribution in [1.29, 1.82) is 0 Å². The molecule has 1 N–H and O–H groups in total. The van der Waals surface area contributed by atoms with E-state index in [0.717, 1.165) is 0 Å². The molecule has 102 valence electrons. The van der Waals surface area contributed by atoms with Crippen molar-refractivity contribution in [3.8, 4) is 0 Å². The first kappa shape index (κ1) is 15.0. The molecule has 0 heterocycles. The van der Waals surface area contributed by atoms with Crippen LogP contribution < -0.4 is 0 Å². The second-order valence-corrected chi connectivity index (χ2v) is 5.67. The smallest absolute Gasteiger partial charge is 0.0353 e. The molecular formula is C15H31NO. The Bertz CT molecular complexity index is 154. The van der Waals surface area contributed by atoms with Crippen LogP contribution in [0, 0.1) is 0 Å². The maximum atomic E-state index is 10.1. The molecule has 2 saturated carbocycles. The fraction of sp³-hybridized carbons (Fsp3) is 1.00. The molecule has 2 heteroatoms. The van der Waals surface area contributed by atoms with Crippen LogP contribution in [0.15, 0.2) is 0 Å². The first-order valence-corrected chi connectivity index (χ1v) is 7.76. The zero-order valence-corrected chi connectivity index (χ0v) is 11.8. The Balaban J connectivity index is 0.000000437. The van der Waals surface area contributed by atoms with Gasteiger partial charge < -0.3 is 5.21 Å². The minimum Gasteiger partial charge on any atom is -0.313 e. The number of nitrogens with zero attached hydrogens (tertiary/aromatic N) is 1. The standard InChI is InChI=1S/C12H23NO.C3H8/c14-13(11-7-3-1-4-8-11)12-9-5-2-6-10-12;1-3-2/h11-12,14H,1-10H2;3H2,1-2H3. The van der Waals surface area contributed by atoms with Gasteiger partial charge in [0.1, 0.15) is 0 Å². The van der Waals surface area contributed by atoms with Crippen molar-refractivity contribution in [3.05, 3.63) is 0 Å². The second kappa shape index (κ2) is 8.93. The number of rotatable bonds is 2. The summed E-state index contributed by atoms with van der Waals surface area (Å²) in [4.78, 5) is 0. The SMILES string of the molecule is CCC.ON(C1CCCCC1)C1CCCCC1. The molecule has 2 aliphatic rings. The lowest BCUT2D eigenvalue weighted by molar-refractivity contribution is -0.173. The maximum absolute atomic E-state index is 10.1. The third-order valence-electron chi connectivity index (χ3n) is 3.90. The summed E-state index contributed by atoms with van der Waals surface area (Å²) in [5.41, 5.74) is 0. The summed E-state index contributed by atoms with van der Waals surface area (Å²) in [6, 6.07) is 0.957. The van der Waals surface area contributed by atoms with Gasteiger partial charge in [-0.2, -0.15) is 5.06 Å². The molecule has 17 heavy (non-hydrogen) atoms. The van der Waals surface area contributed by atoms with Crippen molar-refractivity contribution < 1.29 is 5.21 Å². The van der Waals surface area contributed by atoms with Gasteiger partial charge in [0.05, 0.1) is 0 Å². The minimum atomic E-state index is 0.479. The minimum absolute atomic E-state index is 0.479. The van der Waals surface area contributed by atoms with Gasteiger partial charge in [-0.15, -0.1) is 0 Å². The average Bonchev–Trinajstić information content (AvgIpc) is 2.41. The van der Waals surface area contributed by atoms with Crippen LogP contribution in [0.5, 0.6) is 0 Å². The molecule has 0 bridgehead atoms. The summed E-state index contributed by atoms with van der Waals surface area (Å²) in [6.45, 7) is 4.25. The van der Waals surface area contributed by atoms with E-state index < -0.39 is 0 Å². The van der Waals surface area contributed by atoms with E-state index >= 15 is 0 Å². The van der Waals surface area contributed by atoms with Crippen LogP contribution in [0.25, 0.3) is 0 Å². The fourth-order valence-electron chi connectivity index (χ4n) is 2.99. The van der Waals surface area contributed by atoms with Crippen LogP contribution in [0.1, 0.15) is 84.5 Å². The van der Waals surface area contributed by atoms with Crippen LogP contribution in [0.3, 0.4) is 0 Å². The first-order chi connectivity index (χ1) is 8.29. The number of hydrogen-bond donors (Lipinski definition) is 1. The lowest BCUT2D eigenvalue weighted by Crippen LogP contribution is -2.42. The topological polar surface area (TPSA) is 23.5 Å². The molecule has 2 nitrogen and oxygen atoms in total. The van der Waals surface area contributed by atoms with Crippen LogP contribution in [-0.2, 0) is 0 Å². The summed E-state index contributed by atoms with van der Waals surface area (Å²) < 4.78 is 0. The van der Waals surface area contributed by atoms with Gasteiger partial charge in [0.15, 0.2) is 0 Å². The monoisotopic (exact) mass is 241 g/mol. The molecule has 0 unspecified atom stereocenters. The highest BCUT2D eigenvalue weighted by Gasteiger charge is 2.27. The van der Waals surface area contributed by atoms with Crippen molar-refractivity contribution in [2.24, 2.45) is 0 Å². The predicted octanol–water partition coefficient (Wildman–Crippen LogP) is 4.76. The van der Waals surface area contributed by atoms with Crippen molar-refractivity contribution in [2.45, 2.75) is 96.6 Å². The molecule has 0 aliphatic heterocycles. The number of hydroxylamine groups is 2. The molecule has 0 aromatic heterocycles. The second-order valence-electron chi connectivity index (χ2n) is 5.67.